The minimum absolute atomic E-state index is 0.720. The summed E-state index contributed by atoms with van der Waals surface area (Å²) in [4.78, 5) is 0. The molecule has 0 fully saturated rings. The summed E-state index contributed by atoms with van der Waals surface area (Å²) in [5.41, 5.74) is 8.50. The Balaban J connectivity index is 1.61. The zero-order chi connectivity index (χ0) is 21.5. The molecule has 0 aliphatic rings. The normalized spacial score (nSPS) is 11.3. The van der Waals surface area contributed by atoms with Crippen molar-refractivity contribution in [3.63, 3.8) is 0 Å². The van der Waals surface area contributed by atoms with Crippen LogP contribution in [0, 0.1) is 0 Å². The van der Waals surface area contributed by atoms with E-state index in [4.69, 9.17) is 16.0 Å². The van der Waals surface area contributed by atoms with Crippen LogP contribution in [-0.2, 0) is 0 Å². The molecule has 0 saturated heterocycles. The molecule has 2 heteroatoms. The molecule has 6 rings (SSSR count). The first-order valence-electron chi connectivity index (χ1n) is 10.7. The molecule has 0 N–H and O–H groups in total. The third-order valence-electron chi connectivity index (χ3n) is 6.00. The summed E-state index contributed by atoms with van der Waals surface area (Å²) >= 11 is 7.05. The molecule has 0 bridgehead atoms. The van der Waals surface area contributed by atoms with Gasteiger partial charge in [0.2, 0.25) is 0 Å². The van der Waals surface area contributed by atoms with Gasteiger partial charge in [-0.3, -0.25) is 0 Å². The summed E-state index contributed by atoms with van der Waals surface area (Å²) < 4.78 is 6.03. The summed E-state index contributed by atoms with van der Waals surface area (Å²) in [6.45, 7) is 0. The molecular weight excluding hydrogens is 412 g/mol. The average Bonchev–Trinajstić information content (AvgIpc) is 3.24. The lowest BCUT2D eigenvalue weighted by atomic mass is 9.89. The number of rotatable bonds is 3. The van der Waals surface area contributed by atoms with E-state index in [2.05, 4.69) is 84.9 Å². The zero-order valence-electron chi connectivity index (χ0n) is 17.3. The van der Waals surface area contributed by atoms with E-state index in [0.717, 1.165) is 43.7 Å². The lowest BCUT2D eigenvalue weighted by molar-refractivity contribution is 0.669. The molecule has 32 heavy (non-hydrogen) atoms. The second-order valence-corrected chi connectivity index (χ2v) is 8.23. The van der Waals surface area contributed by atoms with E-state index in [1.54, 1.807) is 0 Å². The lowest BCUT2D eigenvalue weighted by Gasteiger charge is -2.15. The molecule has 1 nitrogen and oxygen atoms in total. The predicted octanol–water partition coefficient (Wildman–Crippen LogP) is 9.24. The van der Waals surface area contributed by atoms with E-state index in [1.165, 1.54) is 16.7 Å². The Labute approximate surface area is 191 Å². The van der Waals surface area contributed by atoms with Gasteiger partial charge in [-0.2, -0.15) is 0 Å². The standard InChI is InChI=1S/C30H19ClO/c31-30-25(18-19-28-29(30)26-16-8-9-17-27(26)32-28)24-15-7-6-14-23(24)22-13-5-4-12-21(22)20-10-2-1-3-11-20/h1-19H. The van der Waals surface area contributed by atoms with Crippen molar-refractivity contribution >= 4 is 33.5 Å². The minimum Gasteiger partial charge on any atom is -0.456 e. The SMILES string of the molecule is Clc1c(-c2ccccc2-c2ccccc2-c2ccccc2)ccc2oc3ccccc3c12. The molecule has 1 heterocycles. The maximum Gasteiger partial charge on any atom is 0.136 e. The van der Waals surface area contributed by atoms with Crippen molar-refractivity contribution in [2.75, 3.05) is 0 Å². The summed E-state index contributed by atoms with van der Waals surface area (Å²) in [6, 6.07) is 39.6. The van der Waals surface area contributed by atoms with E-state index < -0.39 is 0 Å². The van der Waals surface area contributed by atoms with E-state index in [1.807, 2.05) is 30.3 Å². The lowest BCUT2D eigenvalue weighted by Crippen LogP contribution is -1.89. The van der Waals surface area contributed by atoms with Gasteiger partial charge in [0.1, 0.15) is 11.2 Å². The van der Waals surface area contributed by atoms with Crippen LogP contribution in [0.3, 0.4) is 0 Å². The van der Waals surface area contributed by atoms with Crippen LogP contribution < -0.4 is 0 Å². The number of furan rings is 1. The van der Waals surface area contributed by atoms with Crippen LogP contribution in [0.2, 0.25) is 5.02 Å². The number of hydrogen-bond donors (Lipinski definition) is 0. The van der Waals surface area contributed by atoms with Gasteiger partial charge in [-0.1, -0.05) is 109 Å². The summed E-state index contributed by atoms with van der Waals surface area (Å²) in [7, 11) is 0. The van der Waals surface area contributed by atoms with Crippen LogP contribution in [-0.4, -0.2) is 0 Å². The van der Waals surface area contributed by atoms with Crippen LogP contribution in [0.15, 0.2) is 120 Å². The molecule has 0 atom stereocenters. The summed E-state index contributed by atoms with van der Waals surface area (Å²) in [5, 5.41) is 2.72. The maximum atomic E-state index is 7.05. The van der Waals surface area contributed by atoms with Crippen molar-refractivity contribution in [2.24, 2.45) is 0 Å². The average molecular weight is 431 g/mol. The number of benzene rings is 5. The third kappa shape index (κ3) is 3.02. The maximum absolute atomic E-state index is 7.05. The second kappa shape index (κ2) is 7.71. The predicted molar refractivity (Wildman–Crippen MR) is 135 cm³/mol. The Morgan fingerprint density at radius 2 is 1.00 bits per heavy atom. The zero-order valence-corrected chi connectivity index (χ0v) is 18.0. The van der Waals surface area contributed by atoms with Gasteiger partial charge in [-0.15, -0.1) is 0 Å². The number of halogens is 1. The molecule has 0 aliphatic carbocycles. The van der Waals surface area contributed by atoms with Crippen LogP contribution in [0.1, 0.15) is 0 Å². The van der Waals surface area contributed by atoms with E-state index in [-0.39, 0.29) is 0 Å². The van der Waals surface area contributed by atoms with E-state index in [9.17, 15) is 0 Å². The Morgan fingerprint density at radius 1 is 0.438 bits per heavy atom. The number of hydrogen-bond acceptors (Lipinski definition) is 1. The molecule has 0 spiro atoms. The Kier molecular flexibility index (Phi) is 4.56. The molecule has 0 unspecified atom stereocenters. The fourth-order valence-corrected chi connectivity index (χ4v) is 4.88. The van der Waals surface area contributed by atoms with Gasteiger partial charge in [-0.05, 0) is 46.0 Å². The second-order valence-electron chi connectivity index (χ2n) is 7.86. The molecule has 6 aromatic rings. The Morgan fingerprint density at radius 3 is 1.75 bits per heavy atom. The van der Waals surface area contributed by atoms with Crippen molar-refractivity contribution in [2.45, 2.75) is 0 Å². The van der Waals surface area contributed by atoms with Crippen LogP contribution in [0.5, 0.6) is 0 Å². The molecule has 0 amide bonds. The number of fused-ring (bicyclic) bond motifs is 3. The van der Waals surface area contributed by atoms with Crippen molar-refractivity contribution in [3.8, 4) is 33.4 Å². The van der Waals surface area contributed by atoms with Gasteiger partial charge in [0.05, 0.1) is 5.02 Å². The molecule has 0 saturated carbocycles. The van der Waals surface area contributed by atoms with Gasteiger partial charge in [0.25, 0.3) is 0 Å². The Bertz CT molecular complexity index is 1580. The summed E-state index contributed by atoms with van der Waals surface area (Å²) in [5.74, 6) is 0. The van der Waals surface area contributed by atoms with Gasteiger partial charge >= 0.3 is 0 Å². The fourth-order valence-electron chi connectivity index (χ4n) is 4.52. The monoisotopic (exact) mass is 430 g/mol. The van der Waals surface area contributed by atoms with E-state index >= 15 is 0 Å². The van der Waals surface area contributed by atoms with Crippen molar-refractivity contribution < 1.29 is 4.42 Å². The van der Waals surface area contributed by atoms with Crippen LogP contribution in [0.25, 0.3) is 55.3 Å². The highest BCUT2D eigenvalue weighted by Crippen LogP contribution is 2.44. The largest absolute Gasteiger partial charge is 0.456 e. The highest BCUT2D eigenvalue weighted by Gasteiger charge is 2.18. The van der Waals surface area contributed by atoms with Crippen LogP contribution >= 0.6 is 11.6 Å². The molecule has 1 aromatic heterocycles. The Hall–Kier alpha value is -3.81. The highest BCUT2D eigenvalue weighted by atomic mass is 35.5. The fraction of sp³-hybridized carbons (Fsp3) is 0. The first kappa shape index (κ1) is 18.9. The minimum atomic E-state index is 0.720. The molecule has 0 aliphatic heterocycles. The van der Waals surface area contributed by atoms with Crippen molar-refractivity contribution in [3.05, 3.63) is 120 Å². The smallest absolute Gasteiger partial charge is 0.136 e. The van der Waals surface area contributed by atoms with Crippen molar-refractivity contribution in [1.29, 1.82) is 0 Å². The molecule has 0 radical (unpaired) electrons. The quantitative estimate of drug-likeness (QED) is 0.272. The van der Waals surface area contributed by atoms with Gasteiger partial charge < -0.3 is 4.42 Å². The molecule has 5 aromatic carbocycles. The molecular formula is C30H19ClO. The van der Waals surface area contributed by atoms with Gasteiger partial charge in [0, 0.05) is 16.3 Å². The van der Waals surface area contributed by atoms with Gasteiger partial charge in [0.15, 0.2) is 0 Å². The van der Waals surface area contributed by atoms with E-state index in [0.29, 0.717) is 0 Å². The topological polar surface area (TPSA) is 13.1 Å². The van der Waals surface area contributed by atoms with Crippen LogP contribution in [0.4, 0.5) is 0 Å². The van der Waals surface area contributed by atoms with Gasteiger partial charge in [-0.25, -0.2) is 0 Å². The summed E-state index contributed by atoms with van der Waals surface area (Å²) in [6.07, 6.45) is 0. The number of para-hydroxylation sites is 1. The highest BCUT2D eigenvalue weighted by molar-refractivity contribution is 6.40. The third-order valence-corrected chi connectivity index (χ3v) is 6.39. The molecule has 152 valence electrons. The first-order valence-corrected chi connectivity index (χ1v) is 11.0. The van der Waals surface area contributed by atoms with Crippen molar-refractivity contribution in [1.82, 2.24) is 0 Å². The first-order chi connectivity index (χ1) is 15.8.